The Hall–Kier alpha value is -2.57. The second kappa shape index (κ2) is 10.2. The van der Waals surface area contributed by atoms with Crippen molar-refractivity contribution >= 4 is 29.9 Å². The van der Waals surface area contributed by atoms with Crippen molar-refractivity contribution < 1.29 is 13.2 Å². The molecule has 0 fully saturated rings. The fraction of sp³-hybridized carbons (Fsp3) is 0.350. The molecule has 168 valence electrons. The number of nitrogens with one attached hydrogen (secondary N) is 2. The van der Waals surface area contributed by atoms with E-state index >= 15 is 0 Å². The van der Waals surface area contributed by atoms with Crippen LogP contribution in [0.25, 0.3) is 5.69 Å². The molecular weight excluding hydrogens is 522 g/mol. The fourth-order valence-corrected chi connectivity index (χ4v) is 3.15. The minimum atomic E-state index is -4.49. The summed E-state index contributed by atoms with van der Waals surface area (Å²) in [6.07, 6.45) is -2.82. The van der Waals surface area contributed by atoms with E-state index in [0.29, 0.717) is 18.2 Å². The lowest BCUT2D eigenvalue weighted by molar-refractivity contribution is -0.138. The monoisotopic (exact) mass is 547 g/mol. The van der Waals surface area contributed by atoms with Gasteiger partial charge in [0, 0.05) is 32.5 Å². The highest BCUT2D eigenvalue weighted by Crippen LogP contribution is 2.33. The third kappa shape index (κ3) is 5.99. The first-order valence-electron chi connectivity index (χ1n) is 9.34. The molecule has 31 heavy (non-hydrogen) atoms. The van der Waals surface area contributed by atoms with Crippen LogP contribution in [0.15, 0.2) is 41.5 Å². The Balaban J connectivity index is 0.00000341. The molecule has 0 atom stereocenters. The van der Waals surface area contributed by atoms with Gasteiger partial charge in [-0.2, -0.15) is 23.4 Å². The number of nitrogens with zero attached hydrogens (tertiary/aromatic N) is 5. The van der Waals surface area contributed by atoms with Crippen LogP contribution in [0.5, 0.6) is 0 Å². The zero-order valence-corrected chi connectivity index (χ0v) is 20.0. The number of rotatable bonds is 5. The molecule has 2 heterocycles. The zero-order valence-electron chi connectivity index (χ0n) is 17.7. The molecular formula is C20H25F3IN7. The Morgan fingerprint density at radius 1 is 1.10 bits per heavy atom. The van der Waals surface area contributed by atoms with Crippen LogP contribution in [0.3, 0.4) is 0 Å². The van der Waals surface area contributed by atoms with Gasteiger partial charge in [-0.25, -0.2) is 4.68 Å². The van der Waals surface area contributed by atoms with E-state index in [9.17, 15) is 13.2 Å². The molecule has 0 aliphatic heterocycles. The molecule has 2 N–H and O–H groups in total. The predicted octanol–water partition coefficient (Wildman–Crippen LogP) is 3.72. The van der Waals surface area contributed by atoms with Gasteiger partial charge in [0.05, 0.1) is 29.2 Å². The Bertz CT molecular complexity index is 1050. The Morgan fingerprint density at radius 3 is 2.35 bits per heavy atom. The number of benzene rings is 1. The van der Waals surface area contributed by atoms with Crippen molar-refractivity contribution in [3.8, 4) is 5.69 Å². The largest absolute Gasteiger partial charge is 0.416 e. The topological polar surface area (TPSA) is 72.1 Å². The molecule has 0 radical (unpaired) electrons. The predicted molar refractivity (Wildman–Crippen MR) is 124 cm³/mol. The first-order valence-corrected chi connectivity index (χ1v) is 9.34. The Labute approximate surface area is 195 Å². The summed E-state index contributed by atoms with van der Waals surface area (Å²) in [4.78, 5) is 4.07. The number of aliphatic imine (C=N–C) groups is 1. The van der Waals surface area contributed by atoms with Crippen molar-refractivity contribution in [2.45, 2.75) is 33.1 Å². The van der Waals surface area contributed by atoms with Crippen LogP contribution < -0.4 is 10.6 Å². The number of alkyl halides is 3. The number of guanidine groups is 1. The van der Waals surface area contributed by atoms with Crippen LogP contribution >= 0.6 is 24.0 Å². The first kappa shape index (κ1) is 24.7. The van der Waals surface area contributed by atoms with Crippen molar-refractivity contribution in [3.63, 3.8) is 0 Å². The maximum atomic E-state index is 13.7. The first-order chi connectivity index (χ1) is 14.2. The van der Waals surface area contributed by atoms with Gasteiger partial charge in [0.2, 0.25) is 0 Å². The van der Waals surface area contributed by atoms with Crippen molar-refractivity contribution in [2.24, 2.45) is 12.0 Å². The van der Waals surface area contributed by atoms with E-state index in [4.69, 9.17) is 0 Å². The van der Waals surface area contributed by atoms with E-state index in [0.717, 1.165) is 23.1 Å². The van der Waals surface area contributed by atoms with Crippen molar-refractivity contribution in [1.29, 1.82) is 0 Å². The third-order valence-corrected chi connectivity index (χ3v) is 4.68. The van der Waals surface area contributed by atoms with Crippen molar-refractivity contribution in [2.75, 3.05) is 7.05 Å². The van der Waals surface area contributed by atoms with Gasteiger partial charge in [0.15, 0.2) is 5.96 Å². The molecule has 2 aromatic heterocycles. The van der Waals surface area contributed by atoms with Gasteiger partial charge >= 0.3 is 6.18 Å². The summed E-state index contributed by atoms with van der Waals surface area (Å²) >= 11 is 0. The highest BCUT2D eigenvalue weighted by atomic mass is 127. The Morgan fingerprint density at radius 2 is 1.81 bits per heavy atom. The molecule has 0 unspecified atom stereocenters. The smallest absolute Gasteiger partial charge is 0.352 e. The molecule has 0 aliphatic carbocycles. The maximum Gasteiger partial charge on any atom is 0.416 e. The summed E-state index contributed by atoms with van der Waals surface area (Å²) < 4.78 is 44.4. The lowest BCUT2D eigenvalue weighted by Crippen LogP contribution is -2.37. The fourth-order valence-electron chi connectivity index (χ4n) is 3.15. The van der Waals surface area contributed by atoms with Crippen LogP contribution in [-0.2, 0) is 26.3 Å². The highest BCUT2D eigenvalue weighted by molar-refractivity contribution is 14.0. The van der Waals surface area contributed by atoms with Gasteiger partial charge in [-0.05, 0) is 43.7 Å². The number of hydrogen-bond acceptors (Lipinski definition) is 3. The zero-order chi connectivity index (χ0) is 21.9. The van der Waals surface area contributed by atoms with Crippen LogP contribution in [-0.4, -0.2) is 32.6 Å². The number of hydrogen-bond donors (Lipinski definition) is 2. The lowest BCUT2D eigenvalue weighted by atomic mass is 10.1. The minimum absolute atomic E-state index is 0. The molecule has 0 spiro atoms. The van der Waals surface area contributed by atoms with Gasteiger partial charge in [-0.3, -0.25) is 9.67 Å². The van der Waals surface area contributed by atoms with Crippen molar-refractivity contribution in [3.05, 3.63) is 64.7 Å². The second-order valence-corrected chi connectivity index (χ2v) is 6.90. The van der Waals surface area contributed by atoms with Gasteiger partial charge in [0.25, 0.3) is 0 Å². The molecule has 0 amide bonds. The molecule has 0 saturated carbocycles. The molecule has 0 bridgehead atoms. The molecule has 0 aliphatic rings. The summed E-state index contributed by atoms with van der Waals surface area (Å²) in [5.74, 6) is 0.395. The summed E-state index contributed by atoms with van der Waals surface area (Å²) in [7, 11) is 3.38. The summed E-state index contributed by atoms with van der Waals surface area (Å²) in [5.41, 5.74) is 2.22. The summed E-state index contributed by atoms with van der Waals surface area (Å²) in [6, 6.07) is 7.90. The molecule has 0 saturated heterocycles. The quantitative estimate of drug-likeness (QED) is 0.290. The van der Waals surface area contributed by atoms with Gasteiger partial charge in [0.1, 0.15) is 0 Å². The Kier molecular flexibility index (Phi) is 8.09. The average Bonchev–Trinajstić information content (AvgIpc) is 3.25. The van der Waals surface area contributed by atoms with E-state index in [1.807, 2.05) is 19.2 Å². The van der Waals surface area contributed by atoms with E-state index in [-0.39, 0.29) is 36.1 Å². The lowest BCUT2D eigenvalue weighted by Gasteiger charge is -2.17. The highest BCUT2D eigenvalue weighted by Gasteiger charge is 2.33. The standard InChI is InChI=1S/C20H24F3N7.HI/c1-13-9-14(2)30(28-13)16-6-5-15(18(10-16)20(21,22)23)11-25-19(24-3)26-12-17-7-8-27-29(17)4;/h5-10H,11-12H2,1-4H3,(H2,24,25,26);1H. The van der Waals surface area contributed by atoms with Crippen molar-refractivity contribution in [1.82, 2.24) is 30.2 Å². The number of aromatic nitrogens is 4. The normalized spacial score (nSPS) is 11.9. The molecule has 7 nitrogen and oxygen atoms in total. The van der Waals surface area contributed by atoms with E-state index in [1.54, 1.807) is 37.8 Å². The van der Waals surface area contributed by atoms with Gasteiger partial charge in [-0.1, -0.05) is 6.07 Å². The summed E-state index contributed by atoms with van der Waals surface area (Å²) in [6.45, 7) is 4.02. The van der Waals surface area contributed by atoms with Crippen LogP contribution in [0.4, 0.5) is 13.2 Å². The minimum Gasteiger partial charge on any atom is -0.352 e. The number of halogens is 4. The number of aryl methyl sites for hydroxylation is 3. The second-order valence-electron chi connectivity index (χ2n) is 6.90. The molecule has 3 aromatic rings. The van der Waals surface area contributed by atoms with Gasteiger partial charge in [-0.15, -0.1) is 24.0 Å². The average molecular weight is 547 g/mol. The van der Waals surface area contributed by atoms with Crippen LogP contribution in [0.1, 0.15) is 28.2 Å². The summed E-state index contributed by atoms with van der Waals surface area (Å²) in [5, 5.41) is 14.4. The van der Waals surface area contributed by atoms with E-state index in [1.165, 1.54) is 10.7 Å². The van der Waals surface area contributed by atoms with E-state index < -0.39 is 11.7 Å². The maximum absolute atomic E-state index is 13.7. The van der Waals surface area contributed by atoms with Gasteiger partial charge < -0.3 is 10.6 Å². The third-order valence-electron chi connectivity index (χ3n) is 4.68. The van der Waals surface area contributed by atoms with Crippen LogP contribution in [0.2, 0.25) is 0 Å². The van der Waals surface area contributed by atoms with Crippen LogP contribution in [0, 0.1) is 13.8 Å². The molecule has 11 heteroatoms. The molecule has 3 rings (SSSR count). The molecule has 1 aromatic carbocycles. The SMILES string of the molecule is CN=C(NCc1ccc(-n2nc(C)cc2C)cc1C(F)(F)F)NCc1ccnn1C.I. The van der Waals surface area contributed by atoms with E-state index in [2.05, 4.69) is 25.8 Å².